The third-order valence-corrected chi connectivity index (χ3v) is 17.1. The van der Waals surface area contributed by atoms with E-state index in [1.165, 1.54) is 149 Å². The average molecular weight is 1130 g/mol. The van der Waals surface area contributed by atoms with Crippen LogP contribution in [0.5, 0.6) is 11.5 Å². The summed E-state index contributed by atoms with van der Waals surface area (Å²) in [5, 5.41) is 2.70. The molecule has 0 atom stereocenters. The van der Waals surface area contributed by atoms with Crippen LogP contribution in [-0.4, -0.2) is 18.0 Å². The van der Waals surface area contributed by atoms with Crippen LogP contribution >= 0.6 is 45.2 Å². The van der Waals surface area contributed by atoms with Crippen molar-refractivity contribution in [2.24, 2.45) is 0 Å². The van der Waals surface area contributed by atoms with Crippen molar-refractivity contribution in [1.29, 1.82) is 0 Å². The molecule has 0 N–H and O–H groups in total. The van der Waals surface area contributed by atoms with Crippen molar-refractivity contribution < 1.29 is 4.74 Å². The Morgan fingerprint density at radius 1 is 0.471 bits per heavy atom. The minimum atomic E-state index is -0.0194. The number of hydrogen-bond acceptors (Lipinski definition) is 3. The molecule has 0 amide bonds. The fraction of sp³-hybridized carbons (Fsp3) is 0.226. The monoisotopic (exact) mass is 1130 g/mol. The zero-order valence-corrected chi connectivity index (χ0v) is 45.0. The molecule has 4 aliphatic heterocycles. The lowest BCUT2D eigenvalue weighted by molar-refractivity contribution is 0.487. The fourth-order valence-corrected chi connectivity index (χ4v) is 13.6. The molecule has 1 aromatic heterocycles. The maximum atomic E-state index is 7.49. The highest BCUT2D eigenvalue weighted by Gasteiger charge is 2.47. The van der Waals surface area contributed by atoms with E-state index >= 15 is 0 Å². The summed E-state index contributed by atoms with van der Waals surface area (Å²) in [5.74, 6) is 1.93. The van der Waals surface area contributed by atoms with Crippen molar-refractivity contribution in [2.45, 2.75) is 92.4 Å². The summed E-state index contributed by atoms with van der Waals surface area (Å²) in [6.45, 7) is 11.5. The van der Waals surface area contributed by atoms with E-state index in [-0.39, 0.29) is 13.4 Å². The molecule has 8 heteroatoms. The van der Waals surface area contributed by atoms with Crippen LogP contribution in [-0.2, 0) is 19.3 Å². The number of rotatable bonds is 11. The van der Waals surface area contributed by atoms with Crippen LogP contribution in [0.2, 0.25) is 0 Å². The van der Waals surface area contributed by atoms with Crippen molar-refractivity contribution in [1.82, 2.24) is 4.57 Å². The van der Waals surface area contributed by atoms with Gasteiger partial charge in [-0.1, -0.05) is 93.6 Å². The van der Waals surface area contributed by atoms with E-state index in [0.29, 0.717) is 0 Å². The first-order chi connectivity index (χ1) is 34.2. The Hall–Kier alpha value is -5.45. The molecular weight excluding hydrogens is 1080 g/mol. The summed E-state index contributed by atoms with van der Waals surface area (Å²) in [7, 11) is 0. The van der Waals surface area contributed by atoms with Crippen molar-refractivity contribution in [3.05, 3.63) is 168 Å². The Balaban J connectivity index is 1.09. The van der Waals surface area contributed by atoms with Gasteiger partial charge in [0.2, 0.25) is 0 Å². The number of unbranched alkanes of at least 4 members (excludes halogenated alkanes) is 3. The van der Waals surface area contributed by atoms with Crippen molar-refractivity contribution in [2.75, 3.05) is 9.80 Å². The maximum Gasteiger partial charge on any atom is 0.256 e. The average Bonchev–Trinajstić information content (AvgIpc) is 3.69. The molecule has 4 aliphatic rings. The zero-order chi connectivity index (χ0) is 47.5. The van der Waals surface area contributed by atoms with Crippen LogP contribution < -0.4 is 47.3 Å². The number of benzene rings is 8. The lowest BCUT2D eigenvalue weighted by Gasteiger charge is -2.43. The second kappa shape index (κ2) is 17.4. The number of aromatic nitrogens is 1. The molecule has 0 saturated heterocycles. The molecule has 8 aromatic carbocycles. The zero-order valence-electron chi connectivity index (χ0n) is 40.7. The van der Waals surface area contributed by atoms with Crippen LogP contribution in [0.15, 0.2) is 133 Å². The van der Waals surface area contributed by atoms with Gasteiger partial charge in [0, 0.05) is 69.3 Å². The number of hydrogen-bond donors (Lipinski definition) is 0. The Labute approximate surface area is 440 Å². The van der Waals surface area contributed by atoms with Gasteiger partial charge in [0.15, 0.2) is 0 Å². The highest BCUT2D eigenvalue weighted by atomic mass is 127. The fourth-order valence-electron chi connectivity index (χ4n) is 12.6. The van der Waals surface area contributed by atoms with E-state index in [1.54, 1.807) is 0 Å². The van der Waals surface area contributed by atoms with E-state index in [2.05, 4.69) is 228 Å². The van der Waals surface area contributed by atoms with E-state index in [0.717, 1.165) is 49.3 Å². The van der Waals surface area contributed by atoms with Gasteiger partial charge in [0.05, 0.1) is 5.52 Å². The summed E-state index contributed by atoms with van der Waals surface area (Å²) < 4.78 is 12.5. The molecule has 0 radical (unpaired) electrons. The molecule has 0 aliphatic carbocycles. The van der Waals surface area contributed by atoms with Crippen molar-refractivity contribution in [3.8, 4) is 17.2 Å². The van der Waals surface area contributed by atoms with Crippen LogP contribution in [0, 0.1) is 21.0 Å². The van der Waals surface area contributed by atoms with E-state index in [9.17, 15) is 0 Å². The van der Waals surface area contributed by atoms with Gasteiger partial charge in [0.1, 0.15) is 11.5 Å². The van der Waals surface area contributed by atoms with Gasteiger partial charge in [-0.2, -0.15) is 0 Å². The normalized spacial score (nSPS) is 13.6. The second-order valence-corrected chi connectivity index (χ2v) is 22.9. The number of anilines is 6. The molecule has 0 unspecified atom stereocenters. The Bertz CT molecular complexity index is 3620. The second-order valence-electron chi connectivity index (χ2n) is 20.4. The molecule has 4 nitrogen and oxygen atoms in total. The topological polar surface area (TPSA) is 20.6 Å². The predicted octanol–water partition coefficient (Wildman–Crippen LogP) is 13.7. The summed E-state index contributed by atoms with van der Waals surface area (Å²) in [5.41, 5.74) is 25.8. The number of aryl methyl sites for hydroxylation is 5. The molecular formula is C62H55B2I2N3O. The predicted molar refractivity (Wildman–Crippen MR) is 317 cm³/mol. The molecule has 9 aromatic rings. The highest BCUT2D eigenvalue weighted by Crippen LogP contribution is 2.46. The third kappa shape index (κ3) is 6.88. The molecule has 0 spiro atoms. The summed E-state index contributed by atoms with van der Waals surface area (Å²) >= 11 is 5.01. The SMILES string of the molecule is CCCCc1ccc(N2c3cccc(C)c3B3c4cc5c(cc4Oc4cc(CCCC)cc2c43)N(c2ccc(I)cc2)c2cc(I)cc3c2B5c2cc(C)cc4c5cc(CCCC)ccc5n-3c24)cc1. The van der Waals surface area contributed by atoms with Gasteiger partial charge in [-0.3, -0.25) is 0 Å². The number of fused-ring (bicyclic) bond motifs is 11. The first-order valence-corrected chi connectivity index (χ1v) is 27.9. The van der Waals surface area contributed by atoms with Gasteiger partial charge >= 0.3 is 0 Å². The van der Waals surface area contributed by atoms with Crippen molar-refractivity contribution in [3.63, 3.8) is 0 Å². The number of ether oxygens (including phenoxy) is 1. The summed E-state index contributed by atoms with van der Waals surface area (Å²) in [4.78, 5) is 5.09. The largest absolute Gasteiger partial charge is 0.458 e. The van der Waals surface area contributed by atoms with Gasteiger partial charge in [0.25, 0.3) is 13.4 Å². The number of halogens is 2. The summed E-state index contributed by atoms with van der Waals surface area (Å²) in [6, 6.07) is 52.4. The van der Waals surface area contributed by atoms with E-state index in [1.807, 2.05) is 0 Å². The smallest absolute Gasteiger partial charge is 0.256 e. The van der Waals surface area contributed by atoms with E-state index in [4.69, 9.17) is 4.74 Å². The van der Waals surface area contributed by atoms with Gasteiger partial charge in [-0.05, 0) is 232 Å². The lowest BCUT2D eigenvalue weighted by atomic mass is 9.30. The Morgan fingerprint density at radius 2 is 1.14 bits per heavy atom. The van der Waals surface area contributed by atoms with Crippen LogP contribution in [0.25, 0.3) is 27.5 Å². The molecule has 0 fully saturated rings. The van der Waals surface area contributed by atoms with E-state index < -0.39 is 0 Å². The quantitative estimate of drug-likeness (QED) is 0.0951. The van der Waals surface area contributed by atoms with Gasteiger partial charge in [-0.25, -0.2) is 0 Å². The minimum absolute atomic E-state index is 0.00103. The Morgan fingerprint density at radius 3 is 1.90 bits per heavy atom. The van der Waals surface area contributed by atoms with Crippen LogP contribution in [0.1, 0.15) is 87.1 Å². The molecule has 70 heavy (non-hydrogen) atoms. The lowest BCUT2D eigenvalue weighted by Crippen LogP contribution is -2.64. The first-order valence-electron chi connectivity index (χ1n) is 25.7. The molecule has 344 valence electrons. The van der Waals surface area contributed by atoms with Gasteiger partial charge in [-0.15, -0.1) is 0 Å². The van der Waals surface area contributed by atoms with Crippen molar-refractivity contribution >= 4 is 147 Å². The summed E-state index contributed by atoms with van der Waals surface area (Å²) in [6.07, 6.45) is 10.3. The third-order valence-electron chi connectivity index (χ3n) is 15.8. The van der Waals surface area contributed by atoms with Crippen LogP contribution in [0.3, 0.4) is 0 Å². The standard InChI is InChI=1S/C62H55B2I2N3O/c1-6-9-14-39-18-23-44(24-19-39)67-52-17-12-13-38(5)59(52)64-49-35-48-53(36-57(49)70-58-32-41(16-11-8-3)31-54(67)61(58)64)68(45-25-21-42(65)22-26-45)55-33-43(66)34-56-60(55)63(48)50-29-37(4)28-47-46-30-40(15-10-7-2)20-27-51(46)69(56)62(47)50/h12-13,17-36H,6-11,14-16H2,1-5H3. The molecule has 13 rings (SSSR count). The minimum Gasteiger partial charge on any atom is -0.458 e. The van der Waals surface area contributed by atoms with Gasteiger partial charge < -0.3 is 19.1 Å². The first kappa shape index (κ1) is 44.5. The highest BCUT2D eigenvalue weighted by molar-refractivity contribution is 14.1. The maximum absolute atomic E-state index is 7.49. The number of nitrogens with zero attached hydrogens (tertiary/aromatic N) is 3. The molecule has 0 saturated carbocycles. The van der Waals surface area contributed by atoms with Crippen LogP contribution in [0.4, 0.5) is 34.1 Å². The molecule has 5 heterocycles. The molecule has 0 bridgehead atoms. The Kier molecular flexibility index (Phi) is 11.1.